The minimum atomic E-state index is -0.952. The van der Waals surface area contributed by atoms with Gasteiger partial charge in [-0.25, -0.2) is 15.0 Å². The lowest BCUT2D eigenvalue weighted by atomic mass is 10.0. The van der Waals surface area contributed by atoms with E-state index in [0.29, 0.717) is 11.2 Å². The van der Waals surface area contributed by atoms with E-state index in [4.69, 9.17) is 16.9 Å². The van der Waals surface area contributed by atoms with Gasteiger partial charge in [-0.2, -0.15) is 0 Å². The Bertz CT molecular complexity index is 679. The van der Waals surface area contributed by atoms with Gasteiger partial charge < -0.3 is 20.7 Å². The molecule has 8 heteroatoms. The molecule has 3 rings (SSSR count). The largest absolute Gasteiger partial charge is 0.394 e. The van der Waals surface area contributed by atoms with E-state index in [2.05, 4.69) is 20.9 Å². The first-order valence-electron chi connectivity index (χ1n) is 6.01. The van der Waals surface area contributed by atoms with Crippen molar-refractivity contribution in [2.24, 2.45) is 5.92 Å². The number of aromatic nitrogens is 4. The summed E-state index contributed by atoms with van der Waals surface area (Å²) in [6.07, 6.45) is 5.90. The summed E-state index contributed by atoms with van der Waals surface area (Å²) in [5.74, 6) is 2.13. The lowest BCUT2D eigenvalue weighted by Crippen LogP contribution is -2.28. The molecule has 0 aliphatic carbocycles. The van der Waals surface area contributed by atoms with Crippen LogP contribution in [0.2, 0.25) is 0 Å². The number of aliphatic hydroxyl groups is 2. The Labute approximate surface area is 114 Å². The SMILES string of the molecule is C#CC1[C@H](n2cnc3c(N)ncnc32)O[C@H](CO)[C@H]1O. The third kappa shape index (κ3) is 1.72. The van der Waals surface area contributed by atoms with Gasteiger partial charge in [0.25, 0.3) is 0 Å². The zero-order valence-corrected chi connectivity index (χ0v) is 10.4. The third-order valence-corrected chi connectivity index (χ3v) is 3.40. The van der Waals surface area contributed by atoms with Crippen LogP contribution in [-0.4, -0.2) is 48.5 Å². The number of nitrogens with zero attached hydrogens (tertiary/aromatic N) is 4. The highest BCUT2D eigenvalue weighted by Crippen LogP contribution is 2.35. The molecule has 8 nitrogen and oxygen atoms in total. The number of anilines is 1. The van der Waals surface area contributed by atoms with E-state index in [9.17, 15) is 10.2 Å². The van der Waals surface area contributed by atoms with E-state index in [1.165, 1.54) is 12.7 Å². The van der Waals surface area contributed by atoms with E-state index in [1.54, 1.807) is 4.57 Å². The first-order valence-corrected chi connectivity index (χ1v) is 6.01. The Hall–Kier alpha value is -2.21. The van der Waals surface area contributed by atoms with Crippen molar-refractivity contribution in [1.29, 1.82) is 0 Å². The van der Waals surface area contributed by atoms with Gasteiger partial charge in [-0.3, -0.25) is 4.57 Å². The van der Waals surface area contributed by atoms with Crippen LogP contribution in [0.1, 0.15) is 6.23 Å². The number of aliphatic hydroxyl groups excluding tert-OH is 2. The molecule has 0 amide bonds. The molecule has 104 valence electrons. The monoisotopic (exact) mass is 275 g/mol. The second-order valence-corrected chi connectivity index (χ2v) is 4.51. The first-order chi connectivity index (χ1) is 9.67. The van der Waals surface area contributed by atoms with Crippen LogP contribution in [0.5, 0.6) is 0 Å². The molecule has 3 heterocycles. The molecule has 1 unspecified atom stereocenters. The standard InChI is InChI=1S/C12H13N5O3/c1-2-6-9(19)7(3-18)20-12(6)17-5-16-8-10(13)14-4-15-11(8)17/h1,4-7,9,12,18-19H,3H2,(H2,13,14,15)/t6?,7-,9+,12-/m1/s1. The van der Waals surface area contributed by atoms with Crippen molar-refractivity contribution >= 4 is 17.0 Å². The van der Waals surface area contributed by atoms with Gasteiger partial charge in [0.2, 0.25) is 0 Å². The quantitative estimate of drug-likeness (QED) is 0.596. The highest BCUT2D eigenvalue weighted by Gasteiger charge is 2.44. The average Bonchev–Trinajstić information content (AvgIpc) is 3.00. The molecule has 0 radical (unpaired) electrons. The van der Waals surface area contributed by atoms with Crippen LogP contribution in [0.25, 0.3) is 11.2 Å². The Kier molecular flexibility index (Phi) is 3.02. The Balaban J connectivity index is 2.07. The van der Waals surface area contributed by atoms with Gasteiger partial charge in [0.15, 0.2) is 17.7 Å². The molecule has 0 bridgehead atoms. The number of terminal acetylenes is 1. The molecule has 1 saturated heterocycles. The molecular formula is C12H13N5O3. The number of imidazole rings is 1. The molecule has 0 aromatic carbocycles. The topological polar surface area (TPSA) is 119 Å². The minimum Gasteiger partial charge on any atom is -0.394 e. The first kappa shape index (κ1) is 12.8. The Morgan fingerprint density at radius 2 is 2.25 bits per heavy atom. The zero-order chi connectivity index (χ0) is 14.3. The van der Waals surface area contributed by atoms with Crippen molar-refractivity contribution in [2.45, 2.75) is 18.4 Å². The summed E-state index contributed by atoms with van der Waals surface area (Å²) < 4.78 is 7.19. The third-order valence-electron chi connectivity index (χ3n) is 3.40. The van der Waals surface area contributed by atoms with Gasteiger partial charge in [-0.15, -0.1) is 6.42 Å². The van der Waals surface area contributed by atoms with Crippen LogP contribution >= 0.6 is 0 Å². The van der Waals surface area contributed by atoms with Crippen LogP contribution in [0, 0.1) is 18.3 Å². The predicted molar refractivity (Wildman–Crippen MR) is 69.1 cm³/mol. The van der Waals surface area contributed by atoms with Crippen molar-refractivity contribution in [3.8, 4) is 12.3 Å². The van der Waals surface area contributed by atoms with Crippen molar-refractivity contribution in [3.05, 3.63) is 12.7 Å². The summed E-state index contributed by atoms with van der Waals surface area (Å²) in [5, 5.41) is 19.2. The van der Waals surface area contributed by atoms with Crippen LogP contribution in [0.4, 0.5) is 5.82 Å². The maximum Gasteiger partial charge on any atom is 0.167 e. The normalized spacial score (nSPS) is 29.6. The van der Waals surface area contributed by atoms with Crippen LogP contribution in [0.3, 0.4) is 0 Å². The van der Waals surface area contributed by atoms with Gasteiger partial charge in [-0.1, -0.05) is 5.92 Å². The van der Waals surface area contributed by atoms with Gasteiger partial charge in [0, 0.05) is 0 Å². The Morgan fingerprint density at radius 1 is 1.45 bits per heavy atom. The zero-order valence-electron chi connectivity index (χ0n) is 10.4. The molecule has 2 aromatic rings. The number of rotatable bonds is 2. The van der Waals surface area contributed by atoms with Crippen molar-refractivity contribution in [1.82, 2.24) is 19.5 Å². The number of ether oxygens (including phenoxy) is 1. The van der Waals surface area contributed by atoms with Gasteiger partial charge in [0.1, 0.15) is 24.1 Å². The van der Waals surface area contributed by atoms with Gasteiger partial charge in [-0.05, 0) is 0 Å². The van der Waals surface area contributed by atoms with E-state index in [0.717, 1.165) is 0 Å². The molecule has 20 heavy (non-hydrogen) atoms. The summed E-state index contributed by atoms with van der Waals surface area (Å²) in [4.78, 5) is 12.1. The number of hydrogen-bond acceptors (Lipinski definition) is 7. The molecular weight excluding hydrogens is 262 g/mol. The molecule has 2 aromatic heterocycles. The van der Waals surface area contributed by atoms with E-state index in [-0.39, 0.29) is 12.4 Å². The van der Waals surface area contributed by atoms with Crippen LogP contribution in [0.15, 0.2) is 12.7 Å². The number of fused-ring (bicyclic) bond motifs is 1. The highest BCUT2D eigenvalue weighted by atomic mass is 16.5. The molecule has 4 atom stereocenters. The second kappa shape index (κ2) is 4.72. The van der Waals surface area contributed by atoms with Gasteiger partial charge in [0.05, 0.1) is 18.9 Å². The fraction of sp³-hybridized carbons (Fsp3) is 0.417. The molecule has 1 fully saturated rings. The summed E-state index contributed by atoms with van der Waals surface area (Å²) in [6, 6.07) is 0. The number of nitrogen functional groups attached to an aromatic ring is 1. The lowest BCUT2D eigenvalue weighted by molar-refractivity contribution is -0.0441. The average molecular weight is 275 g/mol. The van der Waals surface area contributed by atoms with E-state index >= 15 is 0 Å². The van der Waals surface area contributed by atoms with Crippen LogP contribution < -0.4 is 5.73 Å². The summed E-state index contributed by atoms with van der Waals surface area (Å²) in [6.45, 7) is -0.320. The minimum absolute atomic E-state index is 0.253. The summed E-state index contributed by atoms with van der Waals surface area (Å²) in [5.41, 5.74) is 6.62. The van der Waals surface area contributed by atoms with Crippen molar-refractivity contribution in [2.75, 3.05) is 12.3 Å². The van der Waals surface area contributed by atoms with Crippen molar-refractivity contribution < 1.29 is 14.9 Å². The number of hydrogen-bond donors (Lipinski definition) is 3. The maximum atomic E-state index is 10.0. The van der Waals surface area contributed by atoms with Crippen molar-refractivity contribution in [3.63, 3.8) is 0 Å². The number of nitrogens with two attached hydrogens (primary N) is 1. The maximum absolute atomic E-state index is 10.0. The molecule has 4 N–H and O–H groups in total. The molecule has 1 aliphatic heterocycles. The van der Waals surface area contributed by atoms with Gasteiger partial charge >= 0.3 is 0 Å². The van der Waals surface area contributed by atoms with E-state index in [1.807, 2.05) is 0 Å². The highest BCUT2D eigenvalue weighted by molar-refractivity contribution is 5.81. The summed E-state index contributed by atoms with van der Waals surface area (Å²) >= 11 is 0. The van der Waals surface area contributed by atoms with Crippen LogP contribution in [-0.2, 0) is 4.74 Å². The summed E-state index contributed by atoms with van der Waals surface area (Å²) in [7, 11) is 0. The fourth-order valence-corrected chi connectivity index (χ4v) is 2.37. The molecule has 1 aliphatic rings. The second-order valence-electron chi connectivity index (χ2n) is 4.51. The Morgan fingerprint density at radius 3 is 2.95 bits per heavy atom. The lowest BCUT2D eigenvalue weighted by Gasteiger charge is -2.16. The molecule has 0 saturated carbocycles. The predicted octanol–water partition coefficient (Wildman–Crippen LogP) is -1.09. The van der Waals surface area contributed by atoms with E-state index < -0.39 is 24.4 Å². The fourth-order valence-electron chi connectivity index (χ4n) is 2.37. The smallest absolute Gasteiger partial charge is 0.167 e. The molecule has 0 spiro atoms.